The van der Waals surface area contributed by atoms with Crippen LogP contribution in [0.2, 0.25) is 0 Å². The molecule has 2 aliphatic heterocycles. The van der Waals surface area contributed by atoms with Crippen LogP contribution in [0.4, 0.5) is 0 Å². The largest absolute Gasteiger partial charge is 0.381 e. The Kier molecular flexibility index (Phi) is 4.18. The van der Waals surface area contributed by atoms with Crippen molar-refractivity contribution >= 4 is 5.91 Å². The summed E-state index contributed by atoms with van der Waals surface area (Å²) in [5, 5.41) is 6.36. The van der Waals surface area contributed by atoms with E-state index in [1.807, 2.05) is 0 Å². The summed E-state index contributed by atoms with van der Waals surface area (Å²) < 4.78 is 5.33. The molecule has 0 aromatic rings. The van der Waals surface area contributed by atoms with Crippen LogP contribution in [0.3, 0.4) is 0 Å². The van der Waals surface area contributed by atoms with Gasteiger partial charge in [-0.15, -0.1) is 0 Å². The third kappa shape index (κ3) is 2.95. The molecule has 16 heavy (non-hydrogen) atoms. The number of rotatable bonds is 3. The summed E-state index contributed by atoms with van der Waals surface area (Å²) in [5.41, 5.74) is 0. The second-order valence-electron chi connectivity index (χ2n) is 4.90. The molecule has 2 rings (SSSR count). The maximum Gasteiger partial charge on any atom is 0.237 e. The normalized spacial score (nSPS) is 28.9. The molecule has 2 saturated heterocycles. The molecule has 0 radical (unpaired) electrons. The summed E-state index contributed by atoms with van der Waals surface area (Å²) in [5.74, 6) is 0.760. The molecule has 2 heterocycles. The summed E-state index contributed by atoms with van der Waals surface area (Å²) >= 11 is 0. The Morgan fingerprint density at radius 1 is 1.38 bits per heavy atom. The van der Waals surface area contributed by atoms with Crippen LogP contribution in [0, 0.1) is 5.92 Å². The molecular weight excluding hydrogens is 204 g/mol. The van der Waals surface area contributed by atoms with Gasteiger partial charge in [0.05, 0.1) is 6.04 Å². The molecule has 4 heteroatoms. The van der Waals surface area contributed by atoms with Crippen molar-refractivity contribution in [3.8, 4) is 0 Å². The quantitative estimate of drug-likeness (QED) is 0.743. The van der Waals surface area contributed by atoms with Crippen molar-refractivity contribution in [2.75, 3.05) is 19.8 Å². The van der Waals surface area contributed by atoms with Gasteiger partial charge in [0, 0.05) is 19.3 Å². The number of carbonyl (C=O) groups is 1. The number of amides is 1. The van der Waals surface area contributed by atoms with Crippen molar-refractivity contribution in [3.63, 3.8) is 0 Å². The summed E-state index contributed by atoms with van der Waals surface area (Å²) in [4.78, 5) is 11.9. The van der Waals surface area contributed by atoms with E-state index in [1.165, 1.54) is 0 Å². The third-order valence-corrected chi connectivity index (χ3v) is 3.72. The second kappa shape index (κ2) is 5.64. The van der Waals surface area contributed by atoms with Gasteiger partial charge in [-0.25, -0.2) is 0 Å². The van der Waals surface area contributed by atoms with Crippen molar-refractivity contribution in [1.29, 1.82) is 0 Å². The lowest BCUT2D eigenvalue weighted by Crippen LogP contribution is -2.47. The van der Waals surface area contributed by atoms with Crippen LogP contribution < -0.4 is 10.6 Å². The van der Waals surface area contributed by atoms with Crippen molar-refractivity contribution in [3.05, 3.63) is 0 Å². The minimum atomic E-state index is 0.0438. The first-order chi connectivity index (χ1) is 7.77. The zero-order chi connectivity index (χ0) is 11.4. The molecule has 0 saturated carbocycles. The first-order valence-electron chi connectivity index (χ1n) is 6.39. The molecule has 0 spiro atoms. The van der Waals surface area contributed by atoms with Gasteiger partial charge in [0.2, 0.25) is 5.91 Å². The minimum absolute atomic E-state index is 0.0438. The first-order valence-corrected chi connectivity index (χ1v) is 6.39. The van der Waals surface area contributed by atoms with Crippen LogP contribution in [0.25, 0.3) is 0 Å². The fourth-order valence-corrected chi connectivity index (χ4v) is 2.57. The molecule has 0 aromatic heterocycles. The van der Waals surface area contributed by atoms with Crippen molar-refractivity contribution in [2.45, 2.75) is 44.7 Å². The Labute approximate surface area is 97.1 Å². The zero-order valence-corrected chi connectivity index (χ0v) is 10.00. The van der Waals surface area contributed by atoms with E-state index in [9.17, 15) is 4.79 Å². The lowest BCUT2D eigenvalue weighted by molar-refractivity contribution is -0.124. The highest BCUT2D eigenvalue weighted by molar-refractivity contribution is 5.82. The molecule has 0 aromatic carbocycles. The van der Waals surface area contributed by atoms with E-state index in [0.717, 1.165) is 45.4 Å². The van der Waals surface area contributed by atoms with Crippen LogP contribution in [0.15, 0.2) is 0 Å². The predicted molar refractivity (Wildman–Crippen MR) is 62.2 cm³/mol. The molecule has 1 amide bonds. The molecular formula is C12H22N2O2. The topological polar surface area (TPSA) is 50.4 Å². The number of carbonyl (C=O) groups excluding carboxylic acids is 1. The van der Waals surface area contributed by atoms with Gasteiger partial charge in [-0.05, 0) is 45.1 Å². The molecule has 2 atom stereocenters. The Bertz CT molecular complexity index is 233. The highest BCUT2D eigenvalue weighted by Gasteiger charge is 2.26. The fourth-order valence-electron chi connectivity index (χ4n) is 2.57. The van der Waals surface area contributed by atoms with Gasteiger partial charge in [-0.2, -0.15) is 0 Å². The predicted octanol–water partition coefficient (Wildman–Crippen LogP) is 0.670. The van der Waals surface area contributed by atoms with Gasteiger partial charge >= 0.3 is 0 Å². The molecule has 0 bridgehead atoms. The Morgan fingerprint density at radius 3 is 2.75 bits per heavy atom. The van der Waals surface area contributed by atoms with Gasteiger partial charge in [-0.1, -0.05) is 0 Å². The molecule has 2 N–H and O–H groups in total. The number of hydrogen-bond donors (Lipinski definition) is 2. The molecule has 2 fully saturated rings. The monoisotopic (exact) mass is 226 g/mol. The number of hydrogen-bond acceptors (Lipinski definition) is 3. The summed E-state index contributed by atoms with van der Waals surface area (Å²) in [6.07, 6.45) is 4.23. The minimum Gasteiger partial charge on any atom is -0.381 e. The van der Waals surface area contributed by atoms with E-state index < -0.39 is 0 Å². The molecule has 2 aliphatic rings. The second-order valence-corrected chi connectivity index (χ2v) is 4.90. The van der Waals surface area contributed by atoms with Crippen LogP contribution in [0.1, 0.15) is 32.6 Å². The van der Waals surface area contributed by atoms with Crippen molar-refractivity contribution in [2.24, 2.45) is 5.92 Å². The summed E-state index contributed by atoms with van der Waals surface area (Å²) in [6, 6.07) is 0.320. The van der Waals surface area contributed by atoms with Crippen LogP contribution in [-0.4, -0.2) is 37.7 Å². The van der Waals surface area contributed by atoms with E-state index in [4.69, 9.17) is 4.74 Å². The van der Waals surface area contributed by atoms with Crippen LogP contribution >= 0.6 is 0 Å². The summed E-state index contributed by atoms with van der Waals surface area (Å²) in [6.45, 7) is 4.77. The van der Waals surface area contributed by atoms with E-state index in [2.05, 4.69) is 17.6 Å². The van der Waals surface area contributed by atoms with Crippen molar-refractivity contribution < 1.29 is 9.53 Å². The van der Waals surface area contributed by atoms with Crippen LogP contribution in [-0.2, 0) is 9.53 Å². The SMILES string of the molecule is CC(NC(=O)[C@H]1CCCN1)C1CCOCC1. The summed E-state index contributed by atoms with van der Waals surface area (Å²) in [7, 11) is 0. The molecule has 92 valence electrons. The highest BCUT2D eigenvalue weighted by Crippen LogP contribution is 2.18. The fraction of sp³-hybridized carbons (Fsp3) is 0.917. The molecule has 4 nitrogen and oxygen atoms in total. The Balaban J connectivity index is 1.76. The lowest BCUT2D eigenvalue weighted by Gasteiger charge is -2.29. The van der Waals surface area contributed by atoms with Crippen molar-refractivity contribution in [1.82, 2.24) is 10.6 Å². The number of ether oxygens (including phenoxy) is 1. The zero-order valence-electron chi connectivity index (χ0n) is 10.00. The molecule has 1 unspecified atom stereocenters. The Hall–Kier alpha value is -0.610. The third-order valence-electron chi connectivity index (χ3n) is 3.72. The Morgan fingerprint density at radius 2 is 2.12 bits per heavy atom. The van der Waals surface area contributed by atoms with Gasteiger partial charge in [-0.3, -0.25) is 4.79 Å². The van der Waals surface area contributed by atoms with E-state index in [-0.39, 0.29) is 18.0 Å². The average molecular weight is 226 g/mol. The maximum absolute atomic E-state index is 11.9. The van der Waals surface area contributed by atoms with E-state index >= 15 is 0 Å². The van der Waals surface area contributed by atoms with E-state index in [0.29, 0.717) is 5.92 Å². The van der Waals surface area contributed by atoms with Crippen LogP contribution in [0.5, 0.6) is 0 Å². The first kappa shape index (κ1) is 11.9. The highest BCUT2D eigenvalue weighted by atomic mass is 16.5. The smallest absolute Gasteiger partial charge is 0.237 e. The molecule has 0 aliphatic carbocycles. The maximum atomic E-state index is 11.9. The number of nitrogens with one attached hydrogen (secondary N) is 2. The average Bonchev–Trinajstić information content (AvgIpc) is 2.83. The van der Waals surface area contributed by atoms with Gasteiger partial charge < -0.3 is 15.4 Å². The standard InChI is InChI=1S/C12H22N2O2/c1-9(10-4-7-16-8-5-10)14-12(15)11-3-2-6-13-11/h9-11,13H,2-8H2,1H3,(H,14,15)/t9?,11-/m1/s1. The van der Waals surface area contributed by atoms with Gasteiger partial charge in [0.25, 0.3) is 0 Å². The van der Waals surface area contributed by atoms with Gasteiger partial charge in [0.1, 0.15) is 0 Å². The van der Waals surface area contributed by atoms with E-state index in [1.54, 1.807) is 0 Å². The lowest BCUT2D eigenvalue weighted by atomic mass is 9.93. The van der Waals surface area contributed by atoms with Gasteiger partial charge in [0.15, 0.2) is 0 Å².